The Morgan fingerprint density at radius 3 is 2.71 bits per heavy atom. The van der Waals surface area contributed by atoms with Gasteiger partial charge in [0.1, 0.15) is 0 Å². The van der Waals surface area contributed by atoms with Gasteiger partial charge in [-0.25, -0.2) is 0 Å². The molecule has 3 heteroatoms. The largest absolute Gasteiger partial charge is 0.349 e. The van der Waals surface area contributed by atoms with Crippen LogP contribution in [-0.2, 0) is 0 Å². The molecule has 1 N–H and O–H groups in total. The van der Waals surface area contributed by atoms with Crippen molar-refractivity contribution in [2.45, 2.75) is 43.5 Å². The van der Waals surface area contributed by atoms with Crippen LogP contribution in [0.15, 0.2) is 29.2 Å². The van der Waals surface area contributed by atoms with Crippen LogP contribution in [0.3, 0.4) is 0 Å². The third kappa shape index (κ3) is 3.03. The van der Waals surface area contributed by atoms with Gasteiger partial charge < -0.3 is 5.32 Å². The van der Waals surface area contributed by atoms with Crippen molar-refractivity contribution in [1.82, 2.24) is 5.32 Å². The molecule has 2 unspecified atom stereocenters. The second kappa shape index (κ2) is 5.58. The number of benzene rings is 1. The maximum absolute atomic E-state index is 12.1. The molecule has 1 fully saturated rings. The molecule has 1 aromatic carbocycles. The van der Waals surface area contributed by atoms with E-state index in [1.54, 1.807) is 0 Å². The van der Waals surface area contributed by atoms with Crippen LogP contribution in [0.2, 0.25) is 0 Å². The molecule has 1 aromatic rings. The predicted octanol–water partition coefficient (Wildman–Crippen LogP) is 3.28. The molecule has 0 bridgehead atoms. The molecule has 0 saturated heterocycles. The van der Waals surface area contributed by atoms with Crippen LogP contribution in [0.1, 0.15) is 43.0 Å². The Labute approximate surface area is 108 Å². The van der Waals surface area contributed by atoms with Crippen molar-refractivity contribution >= 4 is 18.5 Å². The van der Waals surface area contributed by atoms with E-state index < -0.39 is 0 Å². The molecule has 0 radical (unpaired) electrons. The molecular weight excluding hydrogens is 230 g/mol. The highest BCUT2D eigenvalue weighted by atomic mass is 32.1. The molecule has 2 nitrogen and oxygen atoms in total. The van der Waals surface area contributed by atoms with Crippen molar-refractivity contribution in [3.63, 3.8) is 0 Å². The fraction of sp³-hybridized carbons (Fsp3) is 0.500. The van der Waals surface area contributed by atoms with Gasteiger partial charge in [0.15, 0.2) is 0 Å². The molecular formula is C14H19NOS. The smallest absolute Gasteiger partial charge is 0.252 e. The van der Waals surface area contributed by atoms with E-state index >= 15 is 0 Å². The lowest BCUT2D eigenvalue weighted by molar-refractivity contribution is 0.0907. The molecule has 2 atom stereocenters. The van der Waals surface area contributed by atoms with Crippen LogP contribution < -0.4 is 5.32 Å². The van der Waals surface area contributed by atoms with E-state index in [1.807, 2.05) is 24.3 Å². The summed E-state index contributed by atoms with van der Waals surface area (Å²) in [6.45, 7) is 2.22. The highest BCUT2D eigenvalue weighted by Gasteiger charge is 2.23. The number of amides is 1. The van der Waals surface area contributed by atoms with Gasteiger partial charge in [0.05, 0.1) is 5.56 Å². The number of nitrogens with one attached hydrogen (secondary N) is 1. The van der Waals surface area contributed by atoms with Gasteiger partial charge in [0, 0.05) is 10.9 Å². The van der Waals surface area contributed by atoms with Crippen LogP contribution >= 0.6 is 12.6 Å². The number of hydrogen-bond donors (Lipinski definition) is 2. The molecule has 1 saturated carbocycles. The maximum atomic E-state index is 12.1. The van der Waals surface area contributed by atoms with Crippen LogP contribution in [0, 0.1) is 5.92 Å². The summed E-state index contributed by atoms with van der Waals surface area (Å²) >= 11 is 4.32. The Morgan fingerprint density at radius 2 is 2.00 bits per heavy atom. The van der Waals surface area contributed by atoms with Gasteiger partial charge in [-0.3, -0.25) is 4.79 Å². The summed E-state index contributed by atoms with van der Waals surface area (Å²) in [5.74, 6) is 0.592. The normalized spacial score (nSPS) is 24.4. The fourth-order valence-electron chi connectivity index (χ4n) is 2.44. The number of thiol groups is 1. The summed E-state index contributed by atoms with van der Waals surface area (Å²) in [5, 5.41) is 3.14. The van der Waals surface area contributed by atoms with Crippen molar-refractivity contribution in [1.29, 1.82) is 0 Å². The third-order valence-corrected chi connectivity index (χ3v) is 3.97. The lowest BCUT2D eigenvalue weighted by atomic mass is 9.86. The monoisotopic (exact) mass is 249 g/mol. The maximum Gasteiger partial charge on any atom is 0.252 e. The third-order valence-electron chi connectivity index (χ3n) is 3.58. The molecule has 17 heavy (non-hydrogen) atoms. The first kappa shape index (κ1) is 12.5. The second-order valence-corrected chi connectivity index (χ2v) is 5.34. The zero-order chi connectivity index (χ0) is 12.3. The zero-order valence-corrected chi connectivity index (χ0v) is 11.0. The van der Waals surface area contributed by atoms with Crippen molar-refractivity contribution in [2.24, 2.45) is 5.92 Å². The van der Waals surface area contributed by atoms with Crippen molar-refractivity contribution in [3.05, 3.63) is 29.8 Å². The summed E-state index contributed by atoms with van der Waals surface area (Å²) in [5.41, 5.74) is 0.675. The zero-order valence-electron chi connectivity index (χ0n) is 10.1. The Morgan fingerprint density at radius 1 is 1.29 bits per heavy atom. The van der Waals surface area contributed by atoms with E-state index in [-0.39, 0.29) is 5.91 Å². The van der Waals surface area contributed by atoms with Gasteiger partial charge in [0.2, 0.25) is 0 Å². The lowest BCUT2D eigenvalue weighted by Crippen LogP contribution is -2.41. The van der Waals surface area contributed by atoms with E-state index in [9.17, 15) is 4.79 Å². The Hall–Kier alpha value is -0.960. The first-order chi connectivity index (χ1) is 8.18. The molecule has 1 aliphatic carbocycles. The van der Waals surface area contributed by atoms with Gasteiger partial charge in [-0.2, -0.15) is 0 Å². The van der Waals surface area contributed by atoms with E-state index in [4.69, 9.17) is 0 Å². The highest BCUT2D eigenvalue weighted by molar-refractivity contribution is 7.80. The van der Waals surface area contributed by atoms with Crippen LogP contribution in [0.5, 0.6) is 0 Å². The number of hydrogen-bond acceptors (Lipinski definition) is 2. The van der Waals surface area contributed by atoms with Crippen LogP contribution in [-0.4, -0.2) is 11.9 Å². The number of carbonyl (C=O) groups is 1. The minimum atomic E-state index is 0.00866. The van der Waals surface area contributed by atoms with Gasteiger partial charge in [-0.15, -0.1) is 12.6 Å². The van der Waals surface area contributed by atoms with E-state index in [0.717, 1.165) is 11.3 Å². The first-order valence-electron chi connectivity index (χ1n) is 6.27. The number of rotatable bonds is 2. The average molecular weight is 249 g/mol. The average Bonchev–Trinajstić information content (AvgIpc) is 2.32. The molecule has 0 aromatic heterocycles. The molecule has 0 spiro atoms. The summed E-state index contributed by atoms with van der Waals surface area (Å²) in [6, 6.07) is 7.76. The summed E-state index contributed by atoms with van der Waals surface area (Å²) in [4.78, 5) is 12.9. The van der Waals surface area contributed by atoms with Gasteiger partial charge in [0.25, 0.3) is 5.91 Å². The topological polar surface area (TPSA) is 29.1 Å². The fourth-order valence-corrected chi connectivity index (χ4v) is 2.70. The van der Waals surface area contributed by atoms with E-state index in [0.29, 0.717) is 17.5 Å². The summed E-state index contributed by atoms with van der Waals surface area (Å²) < 4.78 is 0. The van der Waals surface area contributed by atoms with E-state index in [1.165, 1.54) is 19.3 Å². The molecule has 0 aliphatic heterocycles. The molecule has 2 rings (SSSR count). The minimum Gasteiger partial charge on any atom is -0.349 e. The second-order valence-electron chi connectivity index (χ2n) is 4.86. The quantitative estimate of drug-likeness (QED) is 0.774. The predicted molar refractivity (Wildman–Crippen MR) is 72.6 cm³/mol. The van der Waals surface area contributed by atoms with Crippen molar-refractivity contribution in [3.8, 4) is 0 Å². The van der Waals surface area contributed by atoms with E-state index in [2.05, 4.69) is 24.9 Å². The first-order valence-corrected chi connectivity index (χ1v) is 6.72. The SMILES string of the molecule is CC1CCCCC1NC(=O)c1ccccc1S. The highest BCUT2D eigenvalue weighted by Crippen LogP contribution is 2.24. The Balaban J connectivity index is 2.04. The Bertz CT molecular complexity index is 405. The van der Waals surface area contributed by atoms with Gasteiger partial charge in [-0.1, -0.05) is 31.9 Å². The summed E-state index contributed by atoms with van der Waals surface area (Å²) in [7, 11) is 0. The minimum absolute atomic E-state index is 0.00866. The van der Waals surface area contributed by atoms with Crippen LogP contribution in [0.4, 0.5) is 0 Å². The lowest BCUT2D eigenvalue weighted by Gasteiger charge is -2.29. The van der Waals surface area contributed by atoms with Gasteiger partial charge >= 0.3 is 0 Å². The van der Waals surface area contributed by atoms with Crippen LogP contribution in [0.25, 0.3) is 0 Å². The van der Waals surface area contributed by atoms with Gasteiger partial charge in [-0.05, 0) is 30.9 Å². The molecule has 1 aliphatic rings. The molecule has 92 valence electrons. The van der Waals surface area contributed by atoms with Crippen molar-refractivity contribution in [2.75, 3.05) is 0 Å². The molecule has 1 amide bonds. The Kier molecular flexibility index (Phi) is 4.11. The number of carbonyl (C=O) groups excluding carboxylic acids is 1. The molecule has 0 heterocycles. The summed E-state index contributed by atoms with van der Waals surface area (Å²) in [6.07, 6.45) is 4.82. The van der Waals surface area contributed by atoms with Crippen molar-refractivity contribution < 1.29 is 4.79 Å². The standard InChI is InChI=1S/C14H19NOS/c1-10-6-2-4-8-12(10)15-14(16)11-7-3-5-9-13(11)17/h3,5,7,9-10,12,17H,2,4,6,8H2,1H3,(H,15,16).